The van der Waals surface area contributed by atoms with Gasteiger partial charge in [-0.15, -0.1) is 0 Å². The molecule has 0 radical (unpaired) electrons. The molecular weight excluding hydrogens is 414 g/mol. The Morgan fingerprint density at radius 3 is 2.34 bits per heavy atom. The van der Waals surface area contributed by atoms with Crippen LogP contribution in [0.2, 0.25) is 0 Å². The zero-order valence-electron chi connectivity index (χ0n) is 17.5. The predicted molar refractivity (Wildman–Crippen MR) is 118 cm³/mol. The number of carbonyl (C=O) groups is 2. The van der Waals surface area contributed by atoms with Crippen LogP contribution in [0.1, 0.15) is 0 Å². The van der Waals surface area contributed by atoms with Crippen molar-refractivity contribution in [1.29, 1.82) is 0 Å². The highest BCUT2D eigenvalue weighted by Gasteiger charge is 2.15. The van der Waals surface area contributed by atoms with E-state index in [2.05, 4.69) is 5.32 Å². The molecule has 1 amide bonds. The fraction of sp³-hybridized carbons (Fsp3) is 0.167. The number of para-hydroxylation sites is 1. The molecule has 0 saturated heterocycles. The molecular formula is C24H21NO7. The molecule has 0 bridgehead atoms. The van der Waals surface area contributed by atoms with Gasteiger partial charge in [-0.2, -0.15) is 0 Å². The first-order valence-electron chi connectivity index (χ1n) is 9.79. The van der Waals surface area contributed by atoms with Gasteiger partial charge in [-0.3, -0.25) is 4.79 Å². The minimum Gasteiger partial charge on any atom is -0.497 e. The quantitative estimate of drug-likeness (QED) is 0.415. The first-order valence-corrected chi connectivity index (χ1v) is 9.79. The van der Waals surface area contributed by atoms with Crippen molar-refractivity contribution in [2.24, 2.45) is 0 Å². The number of fused-ring (bicyclic) bond motifs is 3. The summed E-state index contributed by atoms with van der Waals surface area (Å²) in [6.07, 6.45) is 0. The first kappa shape index (κ1) is 21.0. The van der Waals surface area contributed by atoms with Crippen LogP contribution in [0.5, 0.6) is 17.2 Å². The van der Waals surface area contributed by atoms with Crippen LogP contribution in [-0.2, 0) is 14.3 Å². The van der Waals surface area contributed by atoms with E-state index in [1.807, 2.05) is 24.3 Å². The minimum atomic E-state index is -0.671. The fourth-order valence-corrected chi connectivity index (χ4v) is 3.21. The molecule has 3 aromatic carbocycles. The number of amides is 1. The second-order valence-electron chi connectivity index (χ2n) is 6.82. The van der Waals surface area contributed by atoms with Crippen molar-refractivity contribution in [2.45, 2.75) is 0 Å². The Bertz CT molecular complexity index is 1260. The molecule has 0 spiro atoms. The Hall–Kier alpha value is -4.20. The summed E-state index contributed by atoms with van der Waals surface area (Å²) in [6.45, 7) is -0.792. The van der Waals surface area contributed by atoms with Crippen molar-refractivity contribution in [3.05, 3.63) is 60.7 Å². The van der Waals surface area contributed by atoms with Crippen LogP contribution >= 0.6 is 0 Å². The van der Waals surface area contributed by atoms with Crippen molar-refractivity contribution >= 4 is 39.5 Å². The van der Waals surface area contributed by atoms with Gasteiger partial charge < -0.3 is 28.7 Å². The summed E-state index contributed by atoms with van der Waals surface area (Å²) >= 11 is 0. The van der Waals surface area contributed by atoms with Crippen molar-refractivity contribution in [3.8, 4) is 17.2 Å². The molecule has 4 aromatic rings. The Balaban J connectivity index is 1.35. The number of furan rings is 1. The number of rotatable bonds is 8. The molecule has 0 aliphatic carbocycles. The SMILES string of the molecule is COc1ccc(OCC(=O)OCC(=O)Nc2cc3oc4ccccc4c3cc2OC)cc1. The topological polar surface area (TPSA) is 96.2 Å². The number of benzene rings is 3. The van der Waals surface area contributed by atoms with Gasteiger partial charge in [-0.25, -0.2) is 4.79 Å². The van der Waals surface area contributed by atoms with Crippen molar-refractivity contribution in [3.63, 3.8) is 0 Å². The molecule has 0 atom stereocenters. The van der Waals surface area contributed by atoms with Crippen molar-refractivity contribution < 1.29 is 33.0 Å². The lowest BCUT2D eigenvalue weighted by molar-refractivity contribution is -0.149. The highest BCUT2D eigenvalue weighted by atomic mass is 16.6. The minimum absolute atomic E-state index is 0.326. The van der Waals surface area contributed by atoms with E-state index in [1.54, 1.807) is 43.5 Å². The summed E-state index contributed by atoms with van der Waals surface area (Å²) in [4.78, 5) is 24.2. The Kier molecular flexibility index (Phi) is 6.12. The molecule has 0 aliphatic rings. The van der Waals surface area contributed by atoms with Gasteiger partial charge in [0.15, 0.2) is 13.2 Å². The van der Waals surface area contributed by atoms with Crippen LogP contribution in [0.25, 0.3) is 21.9 Å². The van der Waals surface area contributed by atoms with Crippen LogP contribution in [0.3, 0.4) is 0 Å². The monoisotopic (exact) mass is 435 g/mol. The van der Waals surface area contributed by atoms with Gasteiger partial charge in [0.25, 0.3) is 5.91 Å². The molecule has 0 unspecified atom stereocenters. The van der Waals surface area contributed by atoms with E-state index >= 15 is 0 Å². The number of esters is 1. The lowest BCUT2D eigenvalue weighted by Crippen LogP contribution is -2.23. The van der Waals surface area contributed by atoms with Gasteiger partial charge in [-0.05, 0) is 36.4 Å². The molecule has 1 N–H and O–H groups in total. The van der Waals surface area contributed by atoms with E-state index in [4.69, 9.17) is 23.4 Å². The molecule has 4 rings (SSSR count). The normalized spacial score (nSPS) is 10.7. The fourth-order valence-electron chi connectivity index (χ4n) is 3.21. The lowest BCUT2D eigenvalue weighted by Gasteiger charge is -2.11. The summed E-state index contributed by atoms with van der Waals surface area (Å²) in [5, 5.41) is 4.51. The third kappa shape index (κ3) is 4.59. The second-order valence-corrected chi connectivity index (χ2v) is 6.82. The number of nitrogens with one attached hydrogen (secondary N) is 1. The largest absolute Gasteiger partial charge is 0.497 e. The maximum atomic E-state index is 12.3. The van der Waals surface area contributed by atoms with Gasteiger partial charge in [-0.1, -0.05) is 18.2 Å². The van der Waals surface area contributed by atoms with Crippen molar-refractivity contribution in [1.82, 2.24) is 0 Å². The molecule has 0 saturated carbocycles. The molecule has 164 valence electrons. The van der Waals surface area contributed by atoms with Crippen LogP contribution in [0.4, 0.5) is 5.69 Å². The third-order valence-corrected chi connectivity index (χ3v) is 4.75. The molecule has 1 heterocycles. The zero-order chi connectivity index (χ0) is 22.5. The van der Waals surface area contributed by atoms with E-state index < -0.39 is 18.5 Å². The Morgan fingerprint density at radius 1 is 0.844 bits per heavy atom. The van der Waals surface area contributed by atoms with Gasteiger partial charge in [0.05, 0.1) is 19.9 Å². The molecule has 0 aliphatic heterocycles. The van der Waals surface area contributed by atoms with Crippen LogP contribution in [-0.4, -0.2) is 39.3 Å². The summed E-state index contributed by atoms with van der Waals surface area (Å²) in [5.41, 5.74) is 1.75. The number of ether oxygens (including phenoxy) is 4. The van der Waals surface area contributed by atoms with Gasteiger partial charge in [0.1, 0.15) is 28.4 Å². The van der Waals surface area contributed by atoms with E-state index in [9.17, 15) is 9.59 Å². The Morgan fingerprint density at radius 2 is 1.59 bits per heavy atom. The first-order chi connectivity index (χ1) is 15.6. The standard InChI is InChI=1S/C24H21NO7/c1-28-15-7-9-16(10-8-15)30-14-24(27)31-13-23(26)25-19-12-21-18(11-22(19)29-2)17-5-3-4-6-20(17)32-21/h3-12H,13-14H2,1-2H3,(H,25,26). The average molecular weight is 435 g/mol. The summed E-state index contributed by atoms with van der Waals surface area (Å²) in [5.74, 6) is 0.433. The molecule has 8 nitrogen and oxygen atoms in total. The molecule has 8 heteroatoms. The smallest absolute Gasteiger partial charge is 0.344 e. The maximum absolute atomic E-state index is 12.3. The zero-order valence-corrected chi connectivity index (χ0v) is 17.5. The van der Waals surface area contributed by atoms with Crippen LogP contribution in [0.15, 0.2) is 65.1 Å². The third-order valence-electron chi connectivity index (χ3n) is 4.75. The number of methoxy groups -OCH3 is 2. The average Bonchev–Trinajstić information content (AvgIpc) is 3.18. The number of hydrogen-bond acceptors (Lipinski definition) is 7. The Labute approximate surface area is 183 Å². The van der Waals surface area contributed by atoms with E-state index in [0.29, 0.717) is 28.5 Å². The lowest BCUT2D eigenvalue weighted by atomic mass is 10.1. The van der Waals surface area contributed by atoms with E-state index in [1.165, 1.54) is 7.11 Å². The van der Waals surface area contributed by atoms with Crippen LogP contribution in [0, 0.1) is 0 Å². The van der Waals surface area contributed by atoms with Gasteiger partial charge in [0, 0.05) is 16.8 Å². The highest BCUT2D eigenvalue weighted by Crippen LogP contribution is 2.36. The maximum Gasteiger partial charge on any atom is 0.344 e. The molecule has 0 fully saturated rings. The highest BCUT2D eigenvalue weighted by molar-refractivity contribution is 6.07. The molecule has 1 aromatic heterocycles. The van der Waals surface area contributed by atoms with Crippen molar-refractivity contribution in [2.75, 3.05) is 32.8 Å². The second kappa shape index (κ2) is 9.30. The summed E-state index contributed by atoms with van der Waals surface area (Å²) < 4.78 is 26.6. The summed E-state index contributed by atoms with van der Waals surface area (Å²) in [6, 6.07) is 17.9. The molecule has 32 heavy (non-hydrogen) atoms. The van der Waals surface area contributed by atoms with Crippen LogP contribution < -0.4 is 19.5 Å². The summed E-state index contributed by atoms with van der Waals surface area (Å²) in [7, 11) is 3.07. The van der Waals surface area contributed by atoms with Gasteiger partial charge in [0.2, 0.25) is 0 Å². The van der Waals surface area contributed by atoms with Gasteiger partial charge >= 0.3 is 5.97 Å². The number of anilines is 1. The number of carbonyl (C=O) groups excluding carboxylic acids is 2. The number of hydrogen-bond donors (Lipinski definition) is 1. The van der Waals surface area contributed by atoms with E-state index in [0.717, 1.165) is 16.4 Å². The van der Waals surface area contributed by atoms with E-state index in [-0.39, 0.29) is 6.61 Å². The predicted octanol–water partition coefficient (Wildman–Crippen LogP) is 4.16.